The predicted octanol–water partition coefficient (Wildman–Crippen LogP) is 5.24. The summed E-state index contributed by atoms with van der Waals surface area (Å²) in [5, 5.41) is 4.31. The summed E-state index contributed by atoms with van der Waals surface area (Å²) in [6.07, 6.45) is 1.31. The van der Waals surface area contributed by atoms with Gasteiger partial charge in [-0.3, -0.25) is 9.69 Å². The number of nitrogens with one attached hydrogen (secondary N) is 1. The van der Waals surface area contributed by atoms with Crippen LogP contribution in [-0.4, -0.2) is 46.7 Å². The van der Waals surface area contributed by atoms with Crippen LogP contribution in [0.15, 0.2) is 52.0 Å². The van der Waals surface area contributed by atoms with Gasteiger partial charge in [-0.05, 0) is 70.5 Å². The lowest BCUT2D eigenvalue weighted by atomic mass is 9.90. The maximum absolute atomic E-state index is 11.7. The Morgan fingerprint density at radius 2 is 1.79 bits per heavy atom. The van der Waals surface area contributed by atoms with Crippen molar-refractivity contribution >= 4 is 22.7 Å². The molecule has 7 heteroatoms. The molecule has 2 heterocycles. The van der Waals surface area contributed by atoms with Gasteiger partial charge in [-0.25, -0.2) is 10.4 Å². The second kappa shape index (κ2) is 10.4. The van der Waals surface area contributed by atoms with Gasteiger partial charge in [-0.1, -0.05) is 13.0 Å². The third-order valence-corrected chi connectivity index (χ3v) is 6.34. The van der Waals surface area contributed by atoms with Crippen LogP contribution >= 0.6 is 0 Å². The van der Waals surface area contributed by atoms with E-state index in [0.29, 0.717) is 36.6 Å². The van der Waals surface area contributed by atoms with E-state index in [-0.39, 0.29) is 11.8 Å². The van der Waals surface area contributed by atoms with Crippen molar-refractivity contribution < 1.29 is 13.9 Å². The average Bonchev–Trinajstić information content (AvgIpc) is 3.25. The normalized spacial score (nSPS) is 16.4. The van der Waals surface area contributed by atoms with Crippen molar-refractivity contribution in [2.75, 3.05) is 13.2 Å². The molecule has 0 unspecified atom stereocenters. The first kappa shape index (κ1) is 24.0. The summed E-state index contributed by atoms with van der Waals surface area (Å²) >= 11 is 0. The summed E-state index contributed by atoms with van der Waals surface area (Å²) < 4.78 is 12.0. The van der Waals surface area contributed by atoms with E-state index >= 15 is 0 Å². The summed E-state index contributed by atoms with van der Waals surface area (Å²) in [4.78, 5) is 18.8. The fourth-order valence-electron chi connectivity index (χ4n) is 4.50. The van der Waals surface area contributed by atoms with Gasteiger partial charge in [0.1, 0.15) is 17.9 Å². The fraction of sp³-hybridized carbons (Fsp3) is 0.444. The third-order valence-electron chi connectivity index (χ3n) is 6.34. The van der Waals surface area contributed by atoms with Crippen molar-refractivity contribution in [2.45, 2.75) is 59.5 Å². The molecule has 0 saturated carbocycles. The lowest BCUT2D eigenvalue weighted by Crippen LogP contribution is -2.39. The molecule has 1 N–H and O–H groups in total. The molecule has 0 spiro atoms. The predicted molar refractivity (Wildman–Crippen MR) is 135 cm³/mol. The van der Waals surface area contributed by atoms with Gasteiger partial charge in [0.25, 0.3) is 0 Å². The number of hydrogen-bond acceptors (Lipinski definition) is 6. The lowest BCUT2D eigenvalue weighted by molar-refractivity contribution is -0.122. The monoisotopic (exact) mass is 462 g/mol. The number of hydrogen-bond donors (Lipinski definition) is 1. The molecular formula is C27H34N4O3. The van der Waals surface area contributed by atoms with E-state index in [0.717, 1.165) is 41.1 Å². The molecule has 3 aromatic rings. The molecule has 0 fully saturated rings. The number of amides is 1. The van der Waals surface area contributed by atoms with Crippen molar-refractivity contribution in [3.63, 3.8) is 0 Å². The summed E-state index contributed by atoms with van der Waals surface area (Å²) in [5.41, 5.74) is 6.81. The van der Waals surface area contributed by atoms with Crippen LogP contribution in [0.4, 0.5) is 0 Å². The molecule has 4 rings (SSSR count). The number of hydrazone groups is 1. The molecule has 2 aromatic carbocycles. The Balaban J connectivity index is 1.46. The molecule has 0 aliphatic carbocycles. The molecule has 7 nitrogen and oxygen atoms in total. The van der Waals surface area contributed by atoms with Crippen LogP contribution < -0.4 is 10.2 Å². The van der Waals surface area contributed by atoms with Crippen LogP contribution in [0.2, 0.25) is 0 Å². The zero-order valence-corrected chi connectivity index (χ0v) is 20.7. The number of oxazole rings is 1. The standard InChI is InChI=1S/C27H34N4O3/c1-6-19-16-25(32)29-30-26(19)21-9-12-23-24(15-21)34-27(28-23)20-7-10-22(11-8-20)33-14-13-31(17(2)3)18(4)5/h7-12,15,17-19H,6,13-14,16H2,1-5H3,(H,29,32)/t19-/m0/s1. The number of ether oxygens (including phenoxy) is 1. The topological polar surface area (TPSA) is 80.0 Å². The maximum Gasteiger partial charge on any atom is 0.240 e. The number of benzene rings is 2. The van der Waals surface area contributed by atoms with Gasteiger partial charge < -0.3 is 9.15 Å². The van der Waals surface area contributed by atoms with E-state index in [1.165, 1.54) is 0 Å². The van der Waals surface area contributed by atoms with E-state index < -0.39 is 0 Å². The van der Waals surface area contributed by atoms with Gasteiger partial charge in [0.15, 0.2) is 5.58 Å². The largest absolute Gasteiger partial charge is 0.492 e. The molecule has 0 radical (unpaired) electrons. The van der Waals surface area contributed by atoms with Crippen LogP contribution in [0.25, 0.3) is 22.6 Å². The van der Waals surface area contributed by atoms with Crippen molar-refractivity contribution in [2.24, 2.45) is 11.0 Å². The molecule has 1 aliphatic rings. The minimum Gasteiger partial charge on any atom is -0.492 e. The Labute approximate surface area is 201 Å². The van der Waals surface area contributed by atoms with E-state index in [2.05, 4.69) is 55.0 Å². The summed E-state index contributed by atoms with van der Waals surface area (Å²) in [7, 11) is 0. The van der Waals surface area contributed by atoms with Gasteiger partial charge in [-0.2, -0.15) is 5.10 Å². The van der Waals surface area contributed by atoms with Crippen LogP contribution in [0.3, 0.4) is 0 Å². The molecule has 34 heavy (non-hydrogen) atoms. The Bertz CT molecular complexity index is 1160. The quantitative estimate of drug-likeness (QED) is 0.470. The number of carbonyl (C=O) groups excluding carboxylic acids is 1. The zero-order chi connectivity index (χ0) is 24.2. The second-order valence-corrected chi connectivity index (χ2v) is 9.34. The Hall–Kier alpha value is -3.19. The van der Waals surface area contributed by atoms with Crippen LogP contribution in [0, 0.1) is 5.92 Å². The van der Waals surface area contributed by atoms with Crippen LogP contribution in [0.5, 0.6) is 5.75 Å². The molecule has 1 amide bonds. The minimum absolute atomic E-state index is 0.0387. The summed E-state index contributed by atoms with van der Waals surface area (Å²) in [5.74, 6) is 1.46. The number of rotatable bonds is 9. The SMILES string of the molecule is CC[C@H]1CC(=O)NN=C1c1ccc2nc(-c3ccc(OCCN(C(C)C)C(C)C)cc3)oc2c1. The number of carbonyl (C=O) groups is 1. The highest BCUT2D eigenvalue weighted by atomic mass is 16.5. The number of fused-ring (bicyclic) bond motifs is 1. The Kier molecular flexibility index (Phi) is 7.32. The molecule has 1 aromatic heterocycles. The Morgan fingerprint density at radius 3 is 2.47 bits per heavy atom. The van der Waals surface area contributed by atoms with Gasteiger partial charge >= 0.3 is 0 Å². The fourth-order valence-corrected chi connectivity index (χ4v) is 4.50. The van der Waals surface area contributed by atoms with Gasteiger partial charge in [0.05, 0.1) is 5.71 Å². The maximum atomic E-state index is 11.7. The van der Waals surface area contributed by atoms with Crippen molar-refractivity contribution in [1.82, 2.24) is 15.3 Å². The summed E-state index contributed by atoms with van der Waals surface area (Å²) in [6.45, 7) is 12.4. The van der Waals surface area contributed by atoms with Gasteiger partial charge in [-0.15, -0.1) is 0 Å². The highest BCUT2D eigenvalue weighted by Crippen LogP contribution is 2.28. The molecule has 180 valence electrons. The lowest BCUT2D eigenvalue weighted by Gasteiger charge is -2.30. The average molecular weight is 463 g/mol. The first-order valence-electron chi connectivity index (χ1n) is 12.1. The van der Waals surface area contributed by atoms with E-state index in [9.17, 15) is 4.79 Å². The minimum atomic E-state index is -0.0387. The first-order chi connectivity index (χ1) is 16.4. The van der Waals surface area contributed by atoms with Gasteiger partial charge in [0.2, 0.25) is 11.8 Å². The molecule has 1 aliphatic heterocycles. The smallest absolute Gasteiger partial charge is 0.240 e. The van der Waals surface area contributed by atoms with Crippen molar-refractivity contribution in [3.05, 3.63) is 48.0 Å². The highest BCUT2D eigenvalue weighted by molar-refractivity contribution is 6.07. The zero-order valence-electron chi connectivity index (χ0n) is 20.7. The molecule has 0 saturated heterocycles. The van der Waals surface area contributed by atoms with E-state index in [1.54, 1.807) is 0 Å². The first-order valence-corrected chi connectivity index (χ1v) is 12.1. The molecular weight excluding hydrogens is 428 g/mol. The van der Waals surface area contributed by atoms with Crippen molar-refractivity contribution in [3.8, 4) is 17.2 Å². The van der Waals surface area contributed by atoms with Crippen LogP contribution in [-0.2, 0) is 4.79 Å². The summed E-state index contributed by atoms with van der Waals surface area (Å²) in [6, 6.07) is 14.7. The number of aromatic nitrogens is 1. The van der Waals surface area contributed by atoms with Gasteiger partial charge in [0, 0.05) is 42.1 Å². The molecule has 0 bridgehead atoms. The third kappa shape index (κ3) is 5.30. The highest BCUT2D eigenvalue weighted by Gasteiger charge is 2.24. The molecule has 1 atom stereocenters. The van der Waals surface area contributed by atoms with Crippen molar-refractivity contribution in [1.29, 1.82) is 0 Å². The second-order valence-electron chi connectivity index (χ2n) is 9.34. The van der Waals surface area contributed by atoms with E-state index in [4.69, 9.17) is 9.15 Å². The Morgan fingerprint density at radius 1 is 1.09 bits per heavy atom. The van der Waals surface area contributed by atoms with Crippen LogP contribution in [0.1, 0.15) is 53.0 Å². The number of nitrogens with zero attached hydrogens (tertiary/aromatic N) is 3. The van der Waals surface area contributed by atoms with E-state index in [1.807, 2.05) is 42.5 Å².